The van der Waals surface area contributed by atoms with Crippen LogP contribution in [-0.4, -0.2) is 24.5 Å². The number of fused-ring (bicyclic) bond motifs is 3. The molecule has 1 aliphatic rings. The van der Waals surface area contributed by atoms with Crippen molar-refractivity contribution >= 4 is 23.2 Å². The summed E-state index contributed by atoms with van der Waals surface area (Å²) in [5, 5.41) is 0. The highest BCUT2D eigenvalue weighted by Crippen LogP contribution is 2.41. The van der Waals surface area contributed by atoms with Gasteiger partial charge in [-0.2, -0.15) is 0 Å². The molecule has 0 saturated heterocycles. The second kappa shape index (κ2) is 9.67. The Morgan fingerprint density at radius 2 is 1.56 bits per heavy atom. The molecule has 174 valence electrons. The summed E-state index contributed by atoms with van der Waals surface area (Å²) in [7, 11) is 1.70. The van der Waals surface area contributed by atoms with Crippen LogP contribution >= 0.6 is 0 Å². The van der Waals surface area contributed by atoms with Gasteiger partial charge < -0.3 is 4.90 Å². The van der Waals surface area contributed by atoms with Gasteiger partial charge in [0, 0.05) is 43.9 Å². The number of para-hydroxylation sites is 1. The summed E-state index contributed by atoms with van der Waals surface area (Å²) in [5.74, 6) is -3.46. The number of likely N-dealkylation sites (N-methyl/N-ethyl adjacent to an activating group) is 1. The van der Waals surface area contributed by atoms with Gasteiger partial charge in [-0.3, -0.25) is 14.4 Å². The molecule has 34 heavy (non-hydrogen) atoms. The van der Waals surface area contributed by atoms with Crippen LogP contribution in [0.2, 0.25) is 0 Å². The fourth-order valence-electron chi connectivity index (χ4n) is 4.59. The first-order valence-corrected chi connectivity index (χ1v) is 11.2. The molecular weight excluding hydrogens is 436 g/mol. The Balaban J connectivity index is 1.52. The van der Waals surface area contributed by atoms with Gasteiger partial charge in [0.15, 0.2) is 0 Å². The van der Waals surface area contributed by atoms with E-state index in [4.69, 9.17) is 0 Å². The largest absolute Gasteiger partial charge is 0.314 e. The van der Waals surface area contributed by atoms with Crippen molar-refractivity contribution in [3.05, 3.63) is 89.5 Å². The van der Waals surface area contributed by atoms with Crippen molar-refractivity contribution in [2.45, 2.75) is 32.1 Å². The molecule has 0 aromatic heterocycles. The quantitative estimate of drug-likeness (QED) is 0.468. The van der Waals surface area contributed by atoms with Gasteiger partial charge in [-0.25, -0.2) is 8.78 Å². The monoisotopic (exact) mass is 461 g/mol. The van der Waals surface area contributed by atoms with Crippen LogP contribution in [0.1, 0.15) is 36.8 Å². The summed E-state index contributed by atoms with van der Waals surface area (Å²) in [6, 6.07) is 18.2. The molecule has 6 heteroatoms. The molecule has 3 aromatic rings. The molecule has 2 atom stereocenters. The van der Waals surface area contributed by atoms with Gasteiger partial charge in [0.1, 0.15) is 23.2 Å². The first kappa shape index (κ1) is 23.5. The number of ketones is 2. The minimum Gasteiger partial charge on any atom is -0.314 e. The Labute approximate surface area is 197 Å². The Hall–Kier alpha value is -3.67. The molecule has 1 heterocycles. The fourth-order valence-corrected chi connectivity index (χ4v) is 4.59. The summed E-state index contributed by atoms with van der Waals surface area (Å²) in [6.45, 7) is 1.65. The molecule has 4 rings (SSSR count). The summed E-state index contributed by atoms with van der Waals surface area (Å²) in [5.41, 5.74) is 3.63. The van der Waals surface area contributed by atoms with E-state index in [-0.39, 0.29) is 42.3 Å². The van der Waals surface area contributed by atoms with Crippen molar-refractivity contribution in [2.24, 2.45) is 5.92 Å². The van der Waals surface area contributed by atoms with Crippen molar-refractivity contribution in [1.29, 1.82) is 0 Å². The molecule has 4 nitrogen and oxygen atoms in total. The van der Waals surface area contributed by atoms with Crippen LogP contribution in [0.3, 0.4) is 0 Å². The number of benzene rings is 3. The van der Waals surface area contributed by atoms with E-state index in [9.17, 15) is 23.2 Å². The highest BCUT2D eigenvalue weighted by Gasteiger charge is 2.34. The number of carbonyl (C=O) groups is 3. The lowest BCUT2D eigenvalue weighted by Gasteiger charge is -2.22. The van der Waals surface area contributed by atoms with E-state index in [1.807, 2.05) is 48.5 Å². The number of anilines is 1. The van der Waals surface area contributed by atoms with Gasteiger partial charge in [0.2, 0.25) is 5.91 Å². The molecule has 1 amide bonds. The third-order valence-electron chi connectivity index (χ3n) is 6.33. The molecule has 0 N–H and O–H groups in total. The number of carbonyl (C=O) groups excluding carboxylic acids is 3. The Kier molecular flexibility index (Phi) is 6.68. The predicted octanol–water partition coefficient (Wildman–Crippen LogP) is 5.49. The minimum absolute atomic E-state index is 0.0305. The van der Waals surface area contributed by atoms with E-state index < -0.39 is 23.5 Å². The zero-order valence-corrected chi connectivity index (χ0v) is 19.1. The van der Waals surface area contributed by atoms with Crippen LogP contribution in [0.4, 0.5) is 14.5 Å². The second-order valence-corrected chi connectivity index (χ2v) is 8.82. The average Bonchev–Trinajstić information content (AvgIpc) is 2.88. The van der Waals surface area contributed by atoms with Crippen LogP contribution in [0, 0.1) is 17.6 Å². The van der Waals surface area contributed by atoms with Gasteiger partial charge in [-0.15, -0.1) is 0 Å². The van der Waals surface area contributed by atoms with Crippen molar-refractivity contribution in [1.82, 2.24) is 0 Å². The Morgan fingerprint density at radius 3 is 2.26 bits per heavy atom. The molecule has 0 aliphatic carbocycles. The van der Waals surface area contributed by atoms with Crippen molar-refractivity contribution in [2.75, 3.05) is 11.9 Å². The number of rotatable bonds is 7. The normalized spacial score (nSPS) is 15.8. The predicted molar refractivity (Wildman–Crippen MR) is 127 cm³/mol. The molecule has 1 aliphatic heterocycles. The van der Waals surface area contributed by atoms with Crippen molar-refractivity contribution in [3.63, 3.8) is 0 Å². The lowest BCUT2D eigenvalue weighted by atomic mass is 9.84. The molecule has 0 bridgehead atoms. The van der Waals surface area contributed by atoms with E-state index in [0.717, 1.165) is 40.6 Å². The van der Waals surface area contributed by atoms with E-state index in [0.29, 0.717) is 0 Å². The maximum atomic E-state index is 13.4. The highest BCUT2D eigenvalue weighted by atomic mass is 19.1. The van der Waals surface area contributed by atoms with Crippen LogP contribution in [0.15, 0.2) is 66.7 Å². The van der Waals surface area contributed by atoms with Gasteiger partial charge in [0.25, 0.3) is 0 Å². The maximum absolute atomic E-state index is 13.4. The minimum atomic E-state index is -0.748. The number of Topliss-reactive ketones (excluding diaryl/α,β-unsaturated/α-hetero) is 2. The van der Waals surface area contributed by atoms with E-state index in [2.05, 4.69) is 0 Å². The Bertz CT molecular complexity index is 1250. The Morgan fingerprint density at radius 1 is 0.941 bits per heavy atom. The second-order valence-electron chi connectivity index (χ2n) is 8.82. The average molecular weight is 462 g/mol. The zero-order valence-electron chi connectivity index (χ0n) is 19.1. The number of hydrogen-bond donors (Lipinski definition) is 0. The topological polar surface area (TPSA) is 54.5 Å². The molecule has 0 fully saturated rings. The molecular formula is C28H25F2NO3. The highest BCUT2D eigenvalue weighted by molar-refractivity contribution is 6.06. The third kappa shape index (κ3) is 4.81. The van der Waals surface area contributed by atoms with Crippen LogP contribution in [0.25, 0.3) is 11.1 Å². The van der Waals surface area contributed by atoms with Gasteiger partial charge in [-0.05, 0) is 34.9 Å². The lowest BCUT2D eigenvalue weighted by Crippen LogP contribution is -2.32. The summed E-state index contributed by atoms with van der Waals surface area (Å²) < 4.78 is 26.8. The molecule has 0 spiro atoms. The van der Waals surface area contributed by atoms with E-state index >= 15 is 0 Å². The number of halogens is 2. The van der Waals surface area contributed by atoms with Crippen LogP contribution < -0.4 is 4.90 Å². The number of hydrogen-bond acceptors (Lipinski definition) is 3. The third-order valence-corrected chi connectivity index (χ3v) is 6.33. The van der Waals surface area contributed by atoms with Crippen LogP contribution in [-0.2, 0) is 20.8 Å². The zero-order chi connectivity index (χ0) is 24.4. The van der Waals surface area contributed by atoms with Crippen molar-refractivity contribution < 1.29 is 23.2 Å². The number of amides is 1. The number of nitrogens with zero attached hydrogens (tertiary/aromatic N) is 1. The SMILES string of the molecule is C[C@H](CC(=O)Cc1cc(F)cc(F)c1)C(=O)C[C@@H]1C(=O)N(C)c2ccccc2-c2ccccc21. The van der Waals surface area contributed by atoms with E-state index in [1.54, 1.807) is 18.9 Å². The molecule has 0 saturated carbocycles. The first-order valence-electron chi connectivity index (χ1n) is 11.2. The van der Waals surface area contributed by atoms with Gasteiger partial charge in [-0.1, -0.05) is 49.4 Å². The fraction of sp³-hybridized carbons (Fsp3) is 0.250. The summed E-state index contributed by atoms with van der Waals surface area (Å²) in [4.78, 5) is 40.6. The van der Waals surface area contributed by atoms with Gasteiger partial charge in [0.05, 0.1) is 11.6 Å². The van der Waals surface area contributed by atoms with Crippen LogP contribution in [0.5, 0.6) is 0 Å². The first-order chi connectivity index (χ1) is 16.2. The molecule has 0 unspecified atom stereocenters. The summed E-state index contributed by atoms with van der Waals surface area (Å²) >= 11 is 0. The lowest BCUT2D eigenvalue weighted by molar-refractivity contribution is -0.129. The molecule has 3 aromatic carbocycles. The standard InChI is InChI=1S/C28H25F2NO3/c1-17(11-21(32)14-18-12-19(29)15-20(30)13-18)27(33)16-25-23-8-4-3-7-22(23)24-9-5-6-10-26(24)31(2)28(25)34/h3-10,12-13,15,17,25H,11,14,16H2,1-2H3/t17-,25+/m1/s1. The van der Waals surface area contributed by atoms with E-state index in [1.165, 1.54) is 0 Å². The smallest absolute Gasteiger partial charge is 0.234 e. The molecule has 0 radical (unpaired) electrons. The van der Waals surface area contributed by atoms with Crippen molar-refractivity contribution in [3.8, 4) is 11.1 Å². The van der Waals surface area contributed by atoms with Gasteiger partial charge >= 0.3 is 0 Å². The summed E-state index contributed by atoms with van der Waals surface area (Å²) in [6.07, 6.45) is -0.248. The maximum Gasteiger partial charge on any atom is 0.234 e.